The molecule has 7 heteroatoms. The summed E-state index contributed by atoms with van der Waals surface area (Å²) in [4.78, 5) is 32.2. The van der Waals surface area contributed by atoms with Crippen molar-refractivity contribution in [3.63, 3.8) is 0 Å². The van der Waals surface area contributed by atoms with Crippen LogP contribution in [0.5, 0.6) is 0 Å². The van der Waals surface area contributed by atoms with Gasteiger partial charge in [0.05, 0.1) is 0 Å². The van der Waals surface area contributed by atoms with Crippen LogP contribution in [0, 0.1) is 13.8 Å². The van der Waals surface area contributed by atoms with Crippen molar-refractivity contribution in [2.45, 2.75) is 13.8 Å². The highest BCUT2D eigenvalue weighted by Crippen LogP contribution is 2.09. The molecule has 0 atom stereocenters. The number of carbonyl (C=O) groups is 1. The van der Waals surface area contributed by atoms with Crippen LogP contribution in [-0.2, 0) is 0 Å². The van der Waals surface area contributed by atoms with E-state index in [9.17, 15) is 9.59 Å². The first kappa shape index (κ1) is 13.0. The number of fused-ring (bicyclic) bond motifs is 1. The van der Waals surface area contributed by atoms with E-state index in [-0.39, 0.29) is 23.2 Å². The van der Waals surface area contributed by atoms with E-state index >= 15 is 0 Å². The number of aryl methyl sites for hydroxylation is 2. The summed E-state index contributed by atoms with van der Waals surface area (Å²) in [6, 6.07) is 8.61. The largest absolute Gasteiger partial charge is 0.291 e. The van der Waals surface area contributed by atoms with Gasteiger partial charge in [-0.2, -0.15) is 9.50 Å². The number of carbonyl (C=O) groups excluding carboxylic acids is 1. The van der Waals surface area contributed by atoms with Crippen molar-refractivity contribution in [3.05, 3.63) is 57.5 Å². The second kappa shape index (κ2) is 4.86. The third-order valence-electron chi connectivity index (χ3n) is 3.08. The Morgan fingerprint density at radius 2 is 2.00 bits per heavy atom. The highest BCUT2D eigenvalue weighted by molar-refractivity contribution is 6.04. The van der Waals surface area contributed by atoms with Crippen molar-refractivity contribution in [1.82, 2.24) is 19.6 Å². The Labute approximate surface area is 119 Å². The van der Waals surface area contributed by atoms with E-state index in [1.807, 2.05) is 19.1 Å². The topological polar surface area (TPSA) is 92.2 Å². The maximum atomic E-state index is 12.2. The van der Waals surface area contributed by atoms with Gasteiger partial charge in [-0.1, -0.05) is 18.2 Å². The monoisotopic (exact) mass is 283 g/mol. The first-order chi connectivity index (χ1) is 10.0. The molecule has 0 spiro atoms. The second-order valence-corrected chi connectivity index (χ2v) is 4.71. The van der Waals surface area contributed by atoms with Gasteiger partial charge in [-0.05, 0) is 25.5 Å². The summed E-state index contributed by atoms with van der Waals surface area (Å²) in [5.74, 6) is 0.107. The van der Waals surface area contributed by atoms with Crippen molar-refractivity contribution in [3.8, 4) is 0 Å². The zero-order chi connectivity index (χ0) is 15.0. The summed E-state index contributed by atoms with van der Waals surface area (Å²) in [5.41, 5.74) is 1.70. The van der Waals surface area contributed by atoms with Gasteiger partial charge in [0.1, 0.15) is 0 Å². The summed E-state index contributed by atoms with van der Waals surface area (Å²) in [7, 11) is 0. The van der Waals surface area contributed by atoms with E-state index < -0.39 is 0 Å². The molecule has 0 aliphatic rings. The average molecular weight is 283 g/mol. The predicted molar refractivity (Wildman–Crippen MR) is 77.5 cm³/mol. The van der Waals surface area contributed by atoms with Gasteiger partial charge in [0.25, 0.3) is 17.2 Å². The van der Waals surface area contributed by atoms with E-state index in [4.69, 9.17) is 0 Å². The standard InChI is InChI=1S/C14H13N5O2/c1-8-5-3-4-6-10(8)12(21)16-13-17-14-15-9(2)7-11(20)19(14)18-13/h3-7H,1-2H3,(H2,15,16,17,18,21). The number of nitrogens with one attached hydrogen (secondary N) is 2. The van der Waals surface area contributed by atoms with E-state index in [2.05, 4.69) is 20.4 Å². The number of anilines is 1. The predicted octanol–water partition coefficient (Wildman–Crippen LogP) is 1.29. The molecule has 0 aliphatic carbocycles. The molecular weight excluding hydrogens is 270 g/mol. The zero-order valence-electron chi connectivity index (χ0n) is 11.5. The van der Waals surface area contributed by atoms with Crippen LogP contribution in [0.4, 0.5) is 5.95 Å². The van der Waals surface area contributed by atoms with Gasteiger partial charge in [-0.25, -0.2) is 4.98 Å². The number of amides is 1. The minimum atomic E-state index is -0.295. The molecule has 106 valence electrons. The van der Waals surface area contributed by atoms with Crippen LogP contribution < -0.4 is 10.9 Å². The molecule has 2 heterocycles. The number of rotatable bonds is 2. The lowest BCUT2D eigenvalue weighted by Gasteiger charge is -2.04. The minimum absolute atomic E-state index is 0.179. The quantitative estimate of drug-likeness (QED) is 0.741. The van der Waals surface area contributed by atoms with Crippen molar-refractivity contribution >= 4 is 17.6 Å². The van der Waals surface area contributed by atoms with Crippen molar-refractivity contribution in [1.29, 1.82) is 0 Å². The van der Waals surface area contributed by atoms with Gasteiger partial charge in [0, 0.05) is 17.3 Å². The maximum absolute atomic E-state index is 12.2. The minimum Gasteiger partial charge on any atom is -0.291 e. The SMILES string of the molecule is Cc1cc(=O)n2[nH]c(NC(=O)c3ccccc3C)nc2n1. The lowest BCUT2D eigenvalue weighted by atomic mass is 10.1. The number of H-pyrrole nitrogens is 1. The molecule has 1 amide bonds. The number of benzene rings is 1. The molecule has 0 bridgehead atoms. The van der Waals surface area contributed by atoms with Crippen LogP contribution in [0.3, 0.4) is 0 Å². The van der Waals surface area contributed by atoms with Gasteiger partial charge in [-0.15, -0.1) is 0 Å². The number of hydrogen-bond donors (Lipinski definition) is 2. The first-order valence-corrected chi connectivity index (χ1v) is 6.38. The molecule has 0 aliphatic heterocycles. The first-order valence-electron chi connectivity index (χ1n) is 6.38. The number of aromatic nitrogens is 4. The Morgan fingerprint density at radius 3 is 2.76 bits per heavy atom. The maximum Gasteiger partial charge on any atom is 0.274 e. The number of nitrogens with zero attached hydrogens (tertiary/aromatic N) is 3. The summed E-state index contributed by atoms with van der Waals surface area (Å²) in [6.07, 6.45) is 0. The summed E-state index contributed by atoms with van der Waals surface area (Å²) in [6.45, 7) is 3.56. The normalized spacial score (nSPS) is 10.8. The Morgan fingerprint density at radius 1 is 1.24 bits per heavy atom. The van der Waals surface area contributed by atoms with E-state index in [1.165, 1.54) is 10.6 Å². The molecule has 0 saturated carbocycles. The summed E-state index contributed by atoms with van der Waals surface area (Å²) >= 11 is 0. The molecule has 7 nitrogen and oxygen atoms in total. The van der Waals surface area contributed by atoms with Gasteiger partial charge in [-0.3, -0.25) is 20.0 Å². The molecular formula is C14H13N5O2. The van der Waals surface area contributed by atoms with Crippen LogP contribution >= 0.6 is 0 Å². The fourth-order valence-corrected chi connectivity index (χ4v) is 2.05. The molecule has 0 radical (unpaired) electrons. The molecule has 0 fully saturated rings. The second-order valence-electron chi connectivity index (χ2n) is 4.71. The van der Waals surface area contributed by atoms with Gasteiger partial charge in [0.2, 0.25) is 5.95 Å². The molecule has 3 rings (SSSR count). The van der Waals surface area contributed by atoms with Crippen molar-refractivity contribution < 1.29 is 4.79 Å². The fourth-order valence-electron chi connectivity index (χ4n) is 2.05. The Balaban J connectivity index is 1.96. The fraction of sp³-hybridized carbons (Fsp3) is 0.143. The van der Waals surface area contributed by atoms with Crippen LogP contribution in [0.2, 0.25) is 0 Å². The van der Waals surface area contributed by atoms with Gasteiger partial charge < -0.3 is 0 Å². The lowest BCUT2D eigenvalue weighted by Crippen LogP contribution is -2.16. The molecule has 3 aromatic rings. The van der Waals surface area contributed by atoms with E-state index in [1.54, 1.807) is 19.1 Å². The summed E-state index contributed by atoms with van der Waals surface area (Å²) in [5, 5.41) is 5.34. The van der Waals surface area contributed by atoms with Gasteiger partial charge >= 0.3 is 0 Å². The zero-order valence-corrected chi connectivity index (χ0v) is 11.5. The number of hydrogen-bond acceptors (Lipinski definition) is 4. The van der Waals surface area contributed by atoms with Gasteiger partial charge in [0.15, 0.2) is 0 Å². The van der Waals surface area contributed by atoms with Crippen LogP contribution in [-0.4, -0.2) is 25.5 Å². The average Bonchev–Trinajstić information content (AvgIpc) is 2.81. The highest BCUT2D eigenvalue weighted by atomic mass is 16.2. The van der Waals surface area contributed by atoms with Crippen molar-refractivity contribution in [2.24, 2.45) is 0 Å². The lowest BCUT2D eigenvalue weighted by molar-refractivity contribution is 0.102. The van der Waals surface area contributed by atoms with Crippen molar-refractivity contribution in [2.75, 3.05) is 5.32 Å². The molecule has 2 aromatic heterocycles. The number of aromatic amines is 1. The molecule has 0 saturated heterocycles. The van der Waals surface area contributed by atoms with E-state index in [0.717, 1.165) is 5.56 Å². The van der Waals surface area contributed by atoms with Crippen LogP contribution in [0.1, 0.15) is 21.6 Å². The molecule has 1 aromatic carbocycles. The Hall–Kier alpha value is -2.96. The summed E-state index contributed by atoms with van der Waals surface area (Å²) < 4.78 is 1.18. The third-order valence-corrected chi connectivity index (χ3v) is 3.08. The molecule has 0 unspecified atom stereocenters. The molecule has 2 N–H and O–H groups in total. The third kappa shape index (κ3) is 2.40. The highest BCUT2D eigenvalue weighted by Gasteiger charge is 2.12. The van der Waals surface area contributed by atoms with Crippen LogP contribution in [0.25, 0.3) is 5.78 Å². The Kier molecular flexibility index (Phi) is 3.02. The smallest absolute Gasteiger partial charge is 0.274 e. The molecule has 21 heavy (non-hydrogen) atoms. The Bertz CT molecular complexity index is 894. The van der Waals surface area contributed by atoms with E-state index in [0.29, 0.717) is 11.3 Å². The van der Waals surface area contributed by atoms with Crippen LogP contribution in [0.15, 0.2) is 35.1 Å².